The number of amidine groups is 1. The summed E-state index contributed by atoms with van der Waals surface area (Å²) in [4.78, 5) is 0. The summed E-state index contributed by atoms with van der Waals surface area (Å²) in [6, 6.07) is 7.26. The first-order valence-corrected chi connectivity index (χ1v) is 4.71. The molecule has 1 radical (unpaired) electrons. The van der Waals surface area contributed by atoms with Crippen molar-refractivity contribution in [3.63, 3.8) is 0 Å². The molecule has 67 valence electrons. The van der Waals surface area contributed by atoms with Crippen LogP contribution in [0.25, 0.3) is 0 Å². The molecule has 0 spiro atoms. The maximum atomic E-state index is 5.70. The van der Waals surface area contributed by atoms with E-state index in [1.165, 1.54) is 0 Å². The van der Waals surface area contributed by atoms with E-state index in [1.807, 2.05) is 12.1 Å². The van der Waals surface area contributed by atoms with Crippen LogP contribution in [-0.4, -0.2) is 27.0 Å². The Labute approximate surface area is 89.5 Å². The van der Waals surface area contributed by atoms with Gasteiger partial charge in [-0.2, -0.15) is 0 Å². The normalized spacial score (nSPS) is 12.2. The Morgan fingerprint density at radius 1 is 1.38 bits per heavy atom. The quantitative estimate of drug-likeness (QED) is 0.368. The molecule has 5 heteroatoms. The summed E-state index contributed by atoms with van der Waals surface area (Å²) in [5, 5.41) is 8.05. The van der Waals surface area contributed by atoms with Crippen molar-refractivity contribution < 1.29 is 0 Å². The molecule has 0 saturated carbocycles. The topological polar surface area (TPSA) is 50.7 Å². The second kappa shape index (κ2) is 5.02. The molecule has 13 heavy (non-hydrogen) atoms. The molecular formula is C8H7ClN3Se. The molecule has 0 unspecified atom stereocenters. The van der Waals surface area contributed by atoms with Crippen LogP contribution in [0, 0.1) is 0 Å². The zero-order chi connectivity index (χ0) is 9.68. The average molecular weight is 260 g/mol. The third-order valence-corrected chi connectivity index (χ3v) is 1.66. The molecule has 0 amide bonds. The number of hydrogen-bond donors (Lipinski definition) is 1. The number of nitrogens with two attached hydrogens (primary N) is 1. The summed E-state index contributed by atoms with van der Waals surface area (Å²) in [5.41, 5.74) is 6.17. The third-order valence-electron chi connectivity index (χ3n) is 1.23. The molecule has 0 atom stereocenters. The van der Waals surface area contributed by atoms with E-state index in [9.17, 15) is 0 Å². The Hall–Kier alpha value is -0.831. The minimum atomic E-state index is 0.310. The second-order valence-electron chi connectivity index (χ2n) is 2.23. The Kier molecular flexibility index (Phi) is 3.96. The van der Waals surface area contributed by atoms with Crippen LogP contribution in [0.5, 0.6) is 0 Å². The van der Waals surface area contributed by atoms with Crippen LogP contribution in [0.4, 0.5) is 0 Å². The van der Waals surface area contributed by atoms with E-state index in [4.69, 9.17) is 17.3 Å². The van der Waals surface area contributed by atoms with Gasteiger partial charge in [0.2, 0.25) is 0 Å². The van der Waals surface area contributed by atoms with Crippen molar-refractivity contribution in [2.45, 2.75) is 0 Å². The van der Waals surface area contributed by atoms with Gasteiger partial charge in [-0.15, -0.1) is 0 Å². The molecule has 0 bridgehead atoms. The van der Waals surface area contributed by atoms with E-state index in [-0.39, 0.29) is 0 Å². The number of nitrogens with zero attached hydrogens (tertiary/aromatic N) is 2. The number of rotatable bonds is 2. The van der Waals surface area contributed by atoms with Crippen molar-refractivity contribution in [3.8, 4) is 0 Å². The van der Waals surface area contributed by atoms with Crippen molar-refractivity contribution in [1.82, 2.24) is 0 Å². The Bertz CT molecular complexity index is 328. The van der Waals surface area contributed by atoms with Crippen LogP contribution < -0.4 is 5.73 Å². The van der Waals surface area contributed by atoms with Gasteiger partial charge in [0.1, 0.15) is 0 Å². The molecule has 0 aliphatic heterocycles. The van der Waals surface area contributed by atoms with Gasteiger partial charge in [0.25, 0.3) is 0 Å². The molecule has 0 saturated heterocycles. The fourth-order valence-corrected chi connectivity index (χ4v) is 0.926. The van der Waals surface area contributed by atoms with Crippen molar-refractivity contribution in [2.75, 3.05) is 0 Å². The van der Waals surface area contributed by atoms with Gasteiger partial charge in [0.15, 0.2) is 0 Å². The molecule has 3 nitrogen and oxygen atoms in total. The predicted molar refractivity (Wildman–Crippen MR) is 56.4 cm³/mol. The Morgan fingerprint density at radius 2 is 2.00 bits per heavy atom. The van der Waals surface area contributed by atoms with E-state index in [0.29, 0.717) is 9.76 Å². The van der Waals surface area contributed by atoms with Crippen LogP contribution in [0.2, 0.25) is 5.02 Å². The molecular weight excluding hydrogens is 253 g/mol. The summed E-state index contributed by atoms with van der Waals surface area (Å²) in [6.07, 6.45) is 1.60. The van der Waals surface area contributed by atoms with Gasteiger partial charge in [-0.05, 0) is 0 Å². The van der Waals surface area contributed by atoms with Crippen molar-refractivity contribution in [3.05, 3.63) is 34.9 Å². The summed E-state index contributed by atoms with van der Waals surface area (Å²) in [5.74, 6) is 0. The van der Waals surface area contributed by atoms with Crippen LogP contribution in [0.1, 0.15) is 5.56 Å². The number of hydrogen-bond acceptors (Lipinski definition) is 2. The van der Waals surface area contributed by atoms with Crippen molar-refractivity contribution >= 4 is 38.6 Å². The third kappa shape index (κ3) is 4.08. The van der Waals surface area contributed by atoms with E-state index in [1.54, 1.807) is 18.3 Å². The fraction of sp³-hybridized carbons (Fsp3) is 0. The van der Waals surface area contributed by atoms with Gasteiger partial charge in [0, 0.05) is 0 Å². The van der Waals surface area contributed by atoms with Crippen LogP contribution in [0.3, 0.4) is 0 Å². The molecule has 0 aromatic heterocycles. The Morgan fingerprint density at radius 3 is 2.54 bits per heavy atom. The predicted octanol–water partition coefficient (Wildman–Crippen LogP) is 1.16. The van der Waals surface area contributed by atoms with Gasteiger partial charge in [0.05, 0.1) is 0 Å². The average Bonchev–Trinajstić information content (AvgIpc) is 2.08. The van der Waals surface area contributed by atoms with Crippen molar-refractivity contribution in [1.29, 1.82) is 0 Å². The standard InChI is InChI=1S/C8H7ClN3Se/c9-7-3-1-6(2-4-7)5-11-12-8(10)13/h1-5H,(H2,10,12)/b11-5+. The number of halogens is 1. The summed E-state index contributed by atoms with van der Waals surface area (Å²) in [7, 11) is 0. The van der Waals surface area contributed by atoms with E-state index >= 15 is 0 Å². The van der Waals surface area contributed by atoms with E-state index in [2.05, 4.69) is 26.2 Å². The summed E-state index contributed by atoms with van der Waals surface area (Å²) < 4.78 is 0.310. The van der Waals surface area contributed by atoms with Gasteiger partial charge >= 0.3 is 89.4 Å². The molecule has 0 fully saturated rings. The first-order chi connectivity index (χ1) is 6.18. The van der Waals surface area contributed by atoms with Crippen LogP contribution >= 0.6 is 11.6 Å². The fourth-order valence-electron chi connectivity index (χ4n) is 0.701. The van der Waals surface area contributed by atoms with Gasteiger partial charge in [-0.3, -0.25) is 0 Å². The zero-order valence-corrected chi connectivity index (χ0v) is 9.11. The first-order valence-electron chi connectivity index (χ1n) is 3.47. The van der Waals surface area contributed by atoms with Crippen molar-refractivity contribution in [2.24, 2.45) is 15.9 Å². The summed E-state index contributed by atoms with van der Waals surface area (Å²) >= 11 is 8.23. The van der Waals surface area contributed by atoms with Crippen LogP contribution in [-0.2, 0) is 0 Å². The molecule has 0 aliphatic rings. The second-order valence-corrected chi connectivity index (χ2v) is 3.55. The van der Waals surface area contributed by atoms with Gasteiger partial charge < -0.3 is 0 Å². The maximum absolute atomic E-state index is 5.70. The Balaban J connectivity index is 2.70. The van der Waals surface area contributed by atoms with E-state index < -0.39 is 0 Å². The van der Waals surface area contributed by atoms with Gasteiger partial charge in [-0.1, -0.05) is 0 Å². The number of benzene rings is 1. The zero-order valence-electron chi connectivity index (χ0n) is 6.64. The molecule has 1 aromatic carbocycles. The SMILES string of the molecule is NC([Se])=N/N=C/c1ccc(Cl)cc1. The monoisotopic (exact) mass is 260 g/mol. The minimum absolute atomic E-state index is 0.310. The molecule has 1 rings (SSSR count). The van der Waals surface area contributed by atoms with Crippen LogP contribution in [0.15, 0.2) is 34.5 Å². The first kappa shape index (κ1) is 10.3. The summed E-state index contributed by atoms with van der Waals surface area (Å²) in [6.45, 7) is 0. The van der Waals surface area contributed by atoms with Gasteiger partial charge in [-0.25, -0.2) is 0 Å². The molecule has 0 heterocycles. The molecule has 0 aliphatic carbocycles. The molecule has 2 N–H and O–H groups in total. The van der Waals surface area contributed by atoms with E-state index in [0.717, 1.165) is 5.56 Å². The molecule has 1 aromatic rings.